The third-order valence-electron chi connectivity index (χ3n) is 4.66. The number of carbonyl (C=O) groups excluding carboxylic acids is 1. The van der Waals surface area contributed by atoms with E-state index in [0.717, 1.165) is 0 Å². The summed E-state index contributed by atoms with van der Waals surface area (Å²) >= 11 is 11.4. The second-order valence-electron chi connectivity index (χ2n) is 6.78. The molecular weight excluding hydrogens is 428 g/mol. The summed E-state index contributed by atoms with van der Waals surface area (Å²) in [5.74, 6) is -1.29. The van der Waals surface area contributed by atoms with Crippen molar-refractivity contribution >= 4 is 40.9 Å². The number of aliphatic carboxylic acids is 1. The zero-order valence-corrected chi connectivity index (χ0v) is 17.8. The van der Waals surface area contributed by atoms with E-state index in [1.54, 1.807) is 42.5 Å². The molecule has 0 bridgehead atoms. The van der Waals surface area contributed by atoms with E-state index in [0.29, 0.717) is 36.2 Å². The van der Waals surface area contributed by atoms with Crippen molar-refractivity contribution in [3.8, 4) is 5.75 Å². The highest BCUT2D eigenvalue weighted by molar-refractivity contribution is 7.80. The van der Waals surface area contributed by atoms with E-state index in [2.05, 4.69) is 5.32 Å². The molecule has 1 aliphatic heterocycles. The molecule has 1 saturated heterocycles. The fraction of sp³-hybridized carbons (Fsp3) is 0.286. The third kappa shape index (κ3) is 5.27. The Kier molecular flexibility index (Phi) is 7.25. The molecule has 1 aliphatic rings. The first-order valence-electron chi connectivity index (χ1n) is 9.31. The van der Waals surface area contributed by atoms with E-state index in [-0.39, 0.29) is 16.6 Å². The Hall–Kier alpha value is -2.68. The lowest BCUT2D eigenvalue weighted by Gasteiger charge is -2.34. The lowest BCUT2D eigenvalue weighted by molar-refractivity contribution is -0.139. The molecule has 3 rings (SSSR count). The molecule has 9 heteroatoms. The average molecular weight is 449 g/mol. The highest BCUT2D eigenvalue weighted by atomic mass is 35.5. The van der Waals surface area contributed by atoms with Crippen molar-refractivity contribution in [2.24, 2.45) is 0 Å². The standard InChI is InChI=1S/C21H21ClN2O5S/c1-13-12-28-11-10-24(13)21(30)29-15-8-6-14(7-9-15)18(20(26)27)23-19(25)16-4-2-3-5-17(16)22/h2-9,13,18H,10-12H2,1H3,(H,23,25)(H,26,27). The quantitative estimate of drug-likeness (QED) is 0.678. The molecule has 0 radical (unpaired) electrons. The SMILES string of the molecule is CC1COCCN1C(=S)Oc1ccc(C(NC(=O)c2ccccc2Cl)C(=O)O)cc1. The first-order chi connectivity index (χ1) is 14.4. The summed E-state index contributed by atoms with van der Waals surface area (Å²) in [6, 6.07) is 11.7. The minimum Gasteiger partial charge on any atom is -0.479 e. The van der Waals surface area contributed by atoms with Crippen LogP contribution in [0.1, 0.15) is 28.9 Å². The number of halogens is 1. The molecule has 0 aromatic heterocycles. The normalized spacial score (nSPS) is 17.1. The highest BCUT2D eigenvalue weighted by Gasteiger charge is 2.25. The molecular formula is C21H21ClN2O5S. The maximum Gasteiger partial charge on any atom is 0.330 e. The molecule has 1 heterocycles. The Balaban J connectivity index is 1.69. The maximum atomic E-state index is 12.5. The van der Waals surface area contributed by atoms with Crippen LogP contribution in [0.4, 0.5) is 0 Å². The number of nitrogens with one attached hydrogen (secondary N) is 1. The van der Waals surface area contributed by atoms with Gasteiger partial charge in [-0.15, -0.1) is 0 Å². The monoisotopic (exact) mass is 448 g/mol. The summed E-state index contributed by atoms with van der Waals surface area (Å²) in [6.45, 7) is 3.80. The van der Waals surface area contributed by atoms with Crippen LogP contribution >= 0.6 is 23.8 Å². The van der Waals surface area contributed by atoms with Crippen LogP contribution in [0.25, 0.3) is 0 Å². The van der Waals surface area contributed by atoms with Gasteiger partial charge in [-0.05, 0) is 49.0 Å². The van der Waals surface area contributed by atoms with Crippen LogP contribution in [0.2, 0.25) is 5.02 Å². The van der Waals surface area contributed by atoms with Crippen molar-refractivity contribution in [2.45, 2.75) is 19.0 Å². The summed E-state index contributed by atoms with van der Waals surface area (Å²) in [4.78, 5) is 26.1. The Morgan fingerprint density at radius 1 is 1.27 bits per heavy atom. The van der Waals surface area contributed by atoms with Gasteiger partial charge >= 0.3 is 5.97 Å². The molecule has 2 N–H and O–H groups in total. The van der Waals surface area contributed by atoms with Gasteiger partial charge in [0.1, 0.15) is 5.75 Å². The number of hydrogen-bond donors (Lipinski definition) is 2. The van der Waals surface area contributed by atoms with E-state index in [9.17, 15) is 14.7 Å². The molecule has 7 nitrogen and oxygen atoms in total. The van der Waals surface area contributed by atoms with Crippen molar-refractivity contribution < 1.29 is 24.2 Å². The summed E-state index contributed by atoms with van der Waals surface area (Å²) < 4.78 is 11.1. The number of amides is 1. The highest BCUT2D eigenvalue weighted by Crippen LogP contribution is 2.22. The fourth-order valence-electron chi connectivity index (χ4n) is 3.03. The number of carboxylic acids is 1. The van der Waals surface area contributed by atoms with Gasteiger partial charge < -0.3 is 24.8 Å². The molecule has 158 valence electrons. The van der Waals surface area contributed by atoms with Gasteiger partial charge in [0.2, 0.25) is 0 Å². The Bertz CT molecular complexity index is 937. The first-order valence-corrected chi connectivity index (χ1v) is 10.1. The largest absolute Gasteiger partial charge is 0.479 e. The van der Waals surface area contributed by atoms with Crippen LogP contribution in [0.3, 0.4) is 0 Å². The second-order valence-corrected chi connectivity index (χ2v) is 7.54. The number of nitrogens with zero attached hydrogens (tertiary/aromatic N) is 1. The lowest BCUT2D eigenvalue weighted by atomic mass is 10.1. The van der Waals surface area contributed by atoms with Crippen LogP contribution in [0.15, 0.2) is 48.5 Å². The second kappa shape index (κ2) is 9.88. The zero-order chi connectivity index (χ0) is 21.7. The summed E-state index contributed by atoms with van der Waals surface area (Å²) in [7, 11) is 0. The predicted octanol–water partition coefficient (Wildman–Crippen LogP) is 3.28. The van der Waals surface area contributed by atoms with Crippen molar-refractivity contribution in [2.75, 3.05) is 19.8 Å². The van der Waals surface area contributed by atoms with Crippen LogP contribution in [0, 0.1) is 0 Å². The number of hydrogen-bond acceptors (Lipinski definition) is 5. The van der Waals surface area contributed by atoms with E-state index < -0.39 is 17.9 Å². The summed E-state index contributed by atoms with van der Waals surface area (Å²) in [6.07, 6.45) is 0. The number of morpholine rings is 1. The smallest absolute Gasteiger partial charge is 0.330 e. The number of carboxylic acid groups (broad SMARTS) is 1. The van der Waals surface area contributed by atoms with Gasteiger partial charge in [-0.2, -0.15) is 0 Å². The Morgan fingerprint density at radius 3 is 2.60 bits per heavy atom. The minimum absolute atomic E-state index is 0.113. The summed E-state index contributed by atoms with van der Waals surface area (Å²) in [5.41, 5.74) is 0.594. The molecule has 2 aromatic rings. The maximum absolute atomic E-state index is 12.5. The predicted molar refractivity (Wildman–Crippen MR) is 116 cm³/mol. The lowest BCUT2D eigenvalue weighted by Crippen LogP contribution is -2.48. The molecule has 2 atom stereocenters. The van der Waals surface area contributed by atoms with Gasteiger partial charge in [0.15, 0.2) is 6.04 Å². The van der Waals surface area contributed by atoms with Crippen LogP contribution in [-0.4, -0.2) is 52.9 Å². The van der Waals surface area contributed by atoms with Gasteiger partial charge in [-0.3, -0.25) is 4.79 Å². The average Bonchev–Trinajstić information content (AvgIpc) is 2.73. The van der Waals surface area contributed by atoms with Gasteiger partial charge in [-0.25, -0.2) is 4.79 Å². The van der Waals surface area contributed by atoms with E-state index in [1.807, 2.05) is 11.8 Å². The molecule has 0 aliphatic carbocycles. The first kappa shape index (κ1) is 22.0. The van der Waals surface area contributed by atoms with Gasteiger partial charge in [-0.1, -0.05) is 35.9 Å². The molecule has 2 aromatic carbocycles. The Morgan fingerprint density at radius 2 is 1.97 bits per heavy atom. The summed E-state index contributed by atoms with van der Waals surface area (Å²) in [5, 5.41) is 12.7. The van der Waals surface area contributed by atoms with E-state index in [1.165, 1.54) is 6.07 Å². The molecule has 2 unspecified atom stereocenters. The molecule has 1 fully saturated rings. The number of thiocarbonyl (C=S) groups is 1. The fourth-order valence-corrected chi connectivity index (χ4v) is 3.62. The minimum atomic E-state index is -1.24. The van der Waals surface area contributed by atoms with E-state index in [4.69, 9.17) is 33.3 Å². The number of benzene rings is 2. The van der Waals surface area contributed by atoms with Crippen molar-refractivity contribution in [3.63, 3.8) is 0 Å². The molecule has 30 heavy (non-hydrogen) atoms. The van der Waals surface area contributed by atoms with Crippen LogP contribution in [0.5, 0.6) is 5.75 Å². The molecule has 1 amide bonds. The van der Waals surface area contributed by atoms with Gasteiger partial charge in [0.05, 0.1) is 29.8 Å². The Labute approximate surface area is 184 Å². The molecule has 0 spiro atoms. The van der Waals surface area contributed by atoms with Crippen molar-refractivity contribution in [3.05, 3.63) is 64.7 Å². The van der Waals surface area contributed by atoms with Crippen LogP contribution in [-0.2, 0) is 9.53 Å². The zero-order valence-electron chi connectivity index (χ0n) is 16.2. The number of carbonyl (C=O) groups is 2. The van der Waals surface area contributed by atoms with Crippen molar-refractivity contribution in [1.29, 1.82) is 0 Å². The number of ether oxygens (including phenoxy) is 2. The molecule has 0 saturated carbocycles. The van der Waals surface area contributed by atoms with Crippen LogP contribution < -0.4 is 10.1 Å². The third-order valence-corrected chi connectivity index (χ3v) is 5.31. The van der Waals surface area contributed by atoms with Crippen molar-refractivity contribution in [1.82, 2.24) is 10.2 Å². The van der Waals surface area contributed by atoms with Gasteiger partial charge in [0.25, 0.3) is 11.1 Å². The van der Waals surface area contributed by atoms with Gasteiger partial charge in [0, 0.05) is 6.54 Å². The topological polar surface area (TPSA) is 88.1 Å². The number of rotatable bonds is 5. The van der Waals surface area contributed by atoms with E-state index >= 15 is 0 Å².